The van der Waals surface area contributed by atoms with Crippen LogP contribution in [0.3, 0.4) is 0 Å². The zero-order valence-corrected chi connectivity index (χ0v) is 16.2. The molecule has 0 bridgehead atoms. The Labute approximate surface area is 168 Å². The molecule has 2 amide bonds. The van der Waals surface area contributed by atoms with E-state index in [9.17, 15) is 9.59 Å². The van der Waals surface area contributed by atoms with Gasteiger partial charge in [0.2, 0.25) is 11.9 Å². The van der Waals surface area contributed by atoms with E-state index in [1.165, 1.54) is 13.1 Å². The van der Waals surface area contributed by atoms with Gasteiger partial charge in [-0.15, -0.1) is 0 Å². The first-order valence-corrected chi connectivity index (χ1v) is 9.01. The largest absolute Gasteiger partial charge is 0.365 e. The number of carbonyl (C=O) groups is 2. The number of rotatable bonds is 7. The maximum atomic E-state index is 11.7. The van der Waals surface area contributed by atoms with Crippen LogP contribution in [0.1, 0.15) is 28.4 Å². The lowest BCUT2D eigenvalue weighted by Gasteiger charge is -2.12. The van der Waals surface area contributed by atoms with Crippen molar-refractivity contribution in [1.29, 1.82) is 0 Å². The summed E-state index contributed by atoms with van der Waals surface area (Å²) in [7, 11) is 0. The Kier molecular flexibility index (Phi) is 6.03. The van der Waals surface area contributed by atoms with Gasteiger partial charge in [-0.2, -0.15) is 4.98 Å². The van der Waals surface area contributed by atoms with Gasteiger partial charge >= 0.3 is 0 Å². The molecule has 0 aliphatic rings. The van der Waals surface area contributed by atoms with Gasteiger partial charge in [-0.3, -0.25) is 9.59 Å². The zero-order valence-electron chi connectivity index (χ0n) is 16.2. The van der Waals surface area contributed by atoms with Crippen LogP contribution in [0.15, 0.2) is 54.7 Å². The van der Waals surface area contributed by atoms with E-state index in [0.29, 0.717) is 18.3 Å². The molecule has 3 aromatic rings. The molecule has 5 N–H and O–H groups in total. The van der Waals surface area contributed by atoms with Gasteiger partial charge in [0, 0.05) is 31.0 Å². The smallest absolute Gasteiger partial charge is 0.254 e. The maximum absolute atomic E-state index is 11.7. The van der Waals surface area contributed by atoms with Crippen LogP contribution in [0.2, 0.25) is 0 Å². The van der Waals surface area contributed by atoms with E-state index in [2.05, 4.69) is 25.9 Å². The molecule has 29 heavy (non-hydrogen) atoms. The van der Waals surface area contributed by atoms with Gasteiger partial charge in [0.15, 0.2) is 0 Å². The van der Waals surface area contributed by atoms with Crippen LogP contribution in [0.5, 0.6) is 0 Å². The summed E-state index contributed by atoms with van der Waals surface area (Å²) in [5.41, 5.74) is 9.26. The number of hydrogen-bond donors (Lipinski definition) is 4. The molecule has 1 aromatic heterocycles. The van der Waals surface area contributed by atoms with Crippen LogP contribution in [0.4, 0.5) is 23.1 Å². The Morgan fingerprint density at radius 1 is 1.03 bits per heavy atom. The van der Waals surface area contributed by atoms with Crippen molar-refractivity contribution in [2.45, 2.75) is 20.4 Å². The first kappa shape index (κ1) is 19.8. The monoisotopic (exact) mass is 390 g/mol. The highest BCUT2D eigenvalue weighted by molar-refractivity contribution is 5.98. The summed E-state index contributed by atoms with van der Waals surface area (Å²) in [6, 6.07) is 15.2. The Morgan fingerprint density at radius 2 is 1.79 bits per heavy atom. The van der Waals surface area contributed by atoms with Crippen molar-refractivity contribution < 1.29 is 9.59 Å². The van der Waals surface area contributed by atoms with Crippen molar-refractivity contribution in [3.05, 3.63) is 71.4 Å². The van der Waals surface area contributed by atoms with E-state index < -0.39 is 5.91 Å². The molecule has 0 aliphatic heterocycles. The summed E-state index contributed by atoms with van der Waals surface area (Å²) in [5, 5.41) is 8.97. The summed E-state index contributed by atoms with van der Waals surface area (Å²) in [6.45, 7) is 3.91. The van der Waals surface area contributed by atoms with Crippen LogP contribution in [-0.2, 0) is 11.3 Å². The molecule has 0 spiro atoms. The first-order chi connectivity index (χ1) is 13.9. The fourth-order valence-electron chi connectivity index (χ4n) is 2.64. The molecular weight excluding hydrogens is 368 g/mol. The number of anilines is 4. The predicted molar refractivity (Wildman–Crippen MR) is 112 cm³/mol. The van der Waals surface area contributed by atoms with Crippen molar-refractivity contribution >= 4 is 35.0 Å². The second-order valence-electron chi connectivity index (χ2n) is 6.55. The van der Waals surface area contributed by atoms with Gasteiger partial charge in [-0.1, -0.05) is 24.3 Å². The predicted octanol–water partition coefficient (Wildman–Crippen LogP) is 3.01. The average molecular weight is 390 g/mol. The van der Waals surface area contributed by atoms with Crippen molar-refractivity contribution in [2.75, 3.05) is 10.6 Å². The molecule has 8 nitrogen and oxygen atoms in total. The lowest BCUT2D eigenvalue weighted by Crippen LogP contribution is -2.18. The highest BCUT2D eigenvalue weighted by atomic mass is 16.1. The molecule has 0 saturated heterocycles. The minimum atomic E-state index is -0.617. The number of aromatic nitrogens is 2. The van der Waals surface area contributed by atoms with Gasteiger partial charge in [0.1, 0.15) is 11.4 Å². The zero-order chi connectivity index (χ0) is 20.8. The third-order valence-electron chi connectivity index (χ3n) is 4.09. The average Bonchev–Trinajstić information content (AvgIpc) is 2.67. The van der Waals surface area contributed by atoms with Crippen LogP contribution in [0, 0.1) is 6.92 Å². The number of nitrogens with two attached hydrogens (primary N) is 1. The van der Waals surface area contributed by atoms with Gasteiger partial charge in [-0.25, -0.2) is 4.98 Å². The van der Waals surface area contributed by atoms with E-state index in [1.54, 1.807) is 0 Å². The molecule has 0 fully saturated rings. The quantitative estimate of drug-likeness (QED) is 0.492. The number of nitrogens with one attached hydrogen (secondary N) is 3. The lowest BCUT2D eigenvalue weighted by atomic mass is 10.2. The summed E-state index contributed by atoms with van der Waals surface area (Å²) >= 11 is 0. The third-order valence-corrected chi connectivity index (χ3v) is 4.09. The standard InChI is InChI=1S/C21H22N6O2/c1-13-4-3-5-17(10-13)25-20-18(19(22)29)12-24-21(27-20)26-16-8-6-15(7-9-16)11-23-14(2)28/h3-10,12H,11H2,1-2H3,(H2,22,29)(H,23,28)(H2,24,25,26,27). The molecular formula is C21H22N6O2. The normalized spacial score (nSPS) is 10.3. The molecule has 148 valence electrons. The number of primary amides is 1. The number of carbonyl (C=O) groups excluding carboxylic acids is 2. The van der Waals surface area contributed by atoms with Crippen LogP contribution < -0.4 is 21.7 Å². The number of aryl methyl sites for hydroxylation is 1. The summed E-state index contributed by atoms with van der Waals surface area (Å²) in [6.07, 6.45) is 1.39. The van der Waals surface area contributed by atoms with Gasteiger partial charge < -0.3 is 21.7 Å². The van der Waals surface area contributed by atoms with Crippen molar-refractivity contribution in [2.24, 2.45) is 5.73 Å². The lowest BCUT2D eigenvalue weighted by molar-refractivity contribution is -0.119. The molecule has 0 radical (unpaired) electrons. The van der Waals surface area contributed by atoms with Crippen molar-refractivity contribution in [3.8, 4) is 0 Å². The molecule has 0 saturated carbocycles. The van der Waals surface area contributed by atoms with Gasteiger partial charge in [0.25, 0.3) is 5.91 Å². The summed E-state index contributed by atoms with van der Waals surface area (Å²) < 4.78 is 0. The van der Waals surface area contributed by atoms with E-state index in [4.69, 9.17) is 5.73 Å². The Bertz CT molecular complexity index is 1030. The van der Waals surface area contributed by atoms with Gasteiger partial charge in [0.05, 0.1) is 0 Å². The number of benzene rings is 2. The van der Waals surface area contributed by atoms with E-state index in [0.717, 1.165) is 22.5 Å². The minimum Gasteiger partial charge on any atom is -0.365 e. The number of amides is 2. The first-order valence-electron chi connectivity index (χ1n) is 9.01. The topological polar surface area (TPSA) is 122 Å². The van der Waals surface area contributed by atoms with Crippen LogP contribution >= 0.6 is 0 Å². The SMILES string of the molecule is CC(=O)NCc1ccc(Nc2ncc(C(N)=O)c(Nc3cccc(C)c3)n2)cc1. The van der Waals surface area contributed by atoms with Crippen LogP contribution in [0.25, 0.3) is 0 Å². The van der Waals surface area contributed by atoms with E-state index in [1.807, 2.05) is 55.5 Å². The molecule has 0 aliphatic carbocycles. The molecule has 3 rings (SSSR count). The Morgan fingerprint density at radius 3 is 2.45 bits per heavy atom. The second-order valence-corrected chi connectivity index (χ2v) is 6.55. The number of nitrogens with zero attached hydrogens (tertiary/aromatic N) is 2. The fourth-order valence-corrected chi connectivity index (χ4v) is 2.64. The third kappa shape index (κ3) is 5.52. The Balaban J connectivity index is 1.79. The summed E-state index contributed by atoms with van der Waals surface area (Å²) in [4.78, 5) is 31.3. The molecule has 1 heterocycles. The maximum Gasteiger partial charge on any atom is 0.254 e. The van der Waals surface area contributed by atoms with E-state index in [-0.39, 0.29) is 11.5 Å². The fraction of sp³-hybridized carbons (Fsp3) is 0.143. The van der Waals surface area contributed by atoms with Crippen molar-refractivity contribution in [1.82, 2.24) is 15.3 Å². The molecule has 0 atom stereocenters. The number of hydrogen-bond acceptors (Lipinski definition) is 6. The van der Waals surface area contributed by atoms with Gasteiger partial charge in [-0.05, 0) is 42.3 Å². The molecule has 0 unspecified atom stereocenters. The van der Waals surface area contributed by atoms with Crippen LogP contribution in [-0.4, -0.2) is 21.8 Å². The van der Waals surface area contributed by atoms with Crippen molar-refractivity contribution in [3.63, 3.8) is 0 Å². The molecule has 8 heteroatoms. The minimum absolute atomic E-state index is 0.0798. The summed E-state index contributed by atoms with van der Waals surface area (Å²) in [5.74, 6) is -0.0551. The molecule has 2 aromatic carbocycles. The van der Waals surface area contributed by atoms with E-state index >= 15 is 0 Å². The highest BCUT2D eigenvalue weighted by Crippen LogP contribution is 2.22. The highest BCUT2D eigenvalue weighted by Gasteiger charge is 2.13. The second kappa shape index (κ2) is 8.83. The Hall–Kier alpha value is -3.94.